The zero-order valence-corrected chi connectivity index (χ0v) is 20.3. The first-order chi connectivity index (χ1) is 16.9. The van der Waals surface area contributed by atoms with Gasteiger partial charge >= 0.3 is 0 Å². The van der Waals surface area contributed by atoms with E-state index in [9.17, 15) is 15.6 Å². The number of imidazole rings is 1. The van der Waals surface area contributed by atoms with Crippen LogP contribution in [-0.4, -0.2) is 63.0 Å². The quantitative estimate of drug-likeness (QED) is 0.368. The monoisotopic (exact) mass is 494 g/mol. The fourth-order valence-corrected chi connectivity index (χ4v) is 4.35. The largest absolute Gasteiger partial charge is 0.392 e. The van der Waals surface area contributed by atoms with Gasteiger partial charge in [0.2, 0.25) is 5.95 Å². The van der Waals surface area contributed by atoms with Crippen molar-refractivity contribution in [3.63, 3.8) is 0 Å². The van der Waals surface area contributed by atoms with Crippen molar-refractivity contribution in [2.75, 3.05) is 41.7 Å². The minimum atomic E-state index is -0.385. The van der Waals surface area contributed by atoms with Crippen molar-refractivity contribution >= 4 is 40.4 Å². The molecule has 1 aliphatic rings. The van der Waals surface area contributed by atoms with Gasteiger partial charge in [-0.15, -0.1) is 5.10 Å². The predicted octanol–water partition coefficient (Wildman–Crippen LogP) is 2.64. The van der Waals surface area contributed by atoms with Crippen LogP contribution in [0.2, 0.25) is 5.02 Å². The second-order valence-electron chi connectivity index (χ2n) is 8.42. The summed E-state index contributed by atoms with van der Waals surface area (Å²) in [5.41, 5.74) is 2.42. The van der Waals surface area contributed by atoms with Crippen LogP contribution in [0.15, 0.2) is 18.3 Å². The normalized spacial score (nSPS) is 15.0. The molecule has 1 saturated heterocycles. The number of hydrogen-bond acceptors (Lipinski definition) is 10. The number of nitrogens with one attached hydrogen (secondary N) is 3. The number of aromatic nitrogens is 4. The Morgan fingerprint density at radius 1 is 1.26 bits per heavy atom. The van der Waals surface area contributed by atoms with E-state index in [1.807, 2.05) is 6.92 Å². The van der Waals surface area contributed by atoms with E-state index in [1.54, 1.807) is 19.1 Å². The summed E-state index contributed by atoms with van der Waals surface area (Å²) < 4.78 is 1.42. The highest BCUT2D eigenvalue weighted by Gasteiger charge is 2.23. The van der Waals surface area contributed by atoms with E-state index in [0.29, 0.717) is 46.9 Å². The van der Waals surface area contributed by atoms with Gasteiger partial charge in [0.25, 0.3) is 0 Å². The Morgan fingerprint density at radius 3 is 2.69 bits per heavy atom. The van der Waals surface area contributed by atoms with Crippen molar-refractivity contribution in [3.05, 3.63) is 34.6 Å². The van der Waals surface area contributed by atoms with Crippen molar-refractivity contribution in [2.45, 2.75) is 38.8 Å². The number of halogens is 1. The van der Waals surface area contributed by atoms with E-state index >= 15 is 0 Å². The molecule has 3 heterocycles. The molecule has 1 fully saturated rings. The average Bonchev–Trinajstić information content (AvgIpc) is 3.28. The molecule has 1 aliphatic heterocycles. The van der Waals surface area contributed by atoms with Crippen LogP contribution >= 0.6 is 11.6 Å². The van der Waals surface area contributed by atoms with Crippen LogP contribution < -0.4 is 20.9 Å². The van der Waals surface area contributed by atoms with E-state index in [-0.39, 0.29) is 17.7 Å². The van der Waals surface area contributed by atoms with Crippen molar-refractivity contribution in [1.29, 1.82) is 10.5 Å². The van der Waals surface area contributed by atoms with Crippen molar-refractivity contribution in [3.8, 4) is 12.1 Å². The van der Waals surface area contributed by atoms with Gasteiger partial charge in [0.05, 0.1) is 40.3 Å². The number of rotatable bonds is 8. The van der Waals surface area contributed by atoms with E-state index in [1.165, 1.54) is 10.7 Å². The number of nitrogens with zero attached hydrogens (tertiary/aromatic N) is 7. The molecule has 0 unspecified atom stereocenters. The van der Waals surface area contributed by atoms with Crippen LogP contribution in [0.1, 0.15) is 37.9 Å². The summed E-state index contributed by atoms with van der Waals surface area (Å²) in [5.74, 6) is 0.693. The molecular weight excluding hydrogens is 468 g/mol. The minimum absolute atomic E-state index is 0.215. The van der Waals surface area contributed by atoms with Crippen molar-refractivity contribution < 1.29 is 5.11 Å². The molecule has 11 nitrogen and oxygen atoms in total. The lowest BCUT2D eigenvalue weighted by Crippen LogP contribution is -2.44. The molecular formula is C23H27ClN10O. The number of nitriles is 2. The number of fused-ring (bicyclic) bond motifs is 1. The Kier molecular flexibility index (Phi) is 7.51. The summed E-state index contributed by atoms with van der Waals surface area (Å²) >= 11 is 6.81. The summed E-state index contributed by atoms with van der Waals surface area (Å²) in [4.78, 5) is 10.9. The summed E-state index contributed by atoms with van der Waals surface area (Å²) in [7, 11) is 0. The molecule has 35 heavy (non-hydrogen) atoms. The van der Waals surface area contributed by atoms with Gasteiger partial charge in [-0.2, -0.15) is 20.0 Å². The zero-order valence-electron chi connectivity index (χ0n) is 19.6. The van der Waals surface area contributed by atoms with Crippen LogP contribution in [0.3, 0.4) is 0 Å². The topological polar surface area (TPSA) is 150 Å². The Labute approximate surface area is 208 Å². The van der Waals surface area contributed by atoms with Gasteiger partial charge in [-0.25, -0.2) is 4.98 Å². The molecule has 2 aromatic heterocycles. The predicted molar refractivity (Wildman–Crippen MR) is 134 cm³/mol. The van der Waals surface area contributed by atoms with Crippen LogP contribution in [0.4, 0.5) is 23.1 Å². The molecule has 1 atom stereocenters. The van der Waals surface area contributed by atoms with E-state index in [0.717, 1.165) is 31.6 Å². The first kappa shape index (κ1) is 24.5. The number of hydrogen-bond donors (Lipinski definition) is 4. The van der Waals surface area contributed by atoms with Crippen LogP contribution in [0, 0.1) is 22.7 Å². The standard InChI is InChI=1S/C23H27ClN10O/c1-3-27-21-22-29-13-17(11-26)34(22)32-23(31-21)30-18-8-15(10-25)9-19(20(18)24)33-6-4-16(5-7-33)28-12-14(2)35/h8-9,13-14,16,28,35H,3-7,12H2,1-2H3,(H2,27,30,31,32)/t14-/m1/s1. The molecule has 12 heteroatoms. The highest BCUT2D eigenvalue weighted by molar-refractivity contribution is 6.36. The number of aliphatic hydroxyl groups excluding tert-OH is 1. The van der Waals surface area contributed by atoms with E-state index in [4.69, 9.17) is 11.6 Å². The summed E-state index contributed by atoms with van der Waals surface area (Å²) in [6.45, 7) is 6.39. The lowest BCUT2D eigenvalue weighted by molar-refractivity contribution is 0.183. The molecule has 4 N–H and O–H groups in total. The van der Waals surface area contributed by atoms with Gasteiger partial charge in [0.15, 0.2) is 17.2 Å². The van der Waals surface area contributed by atoms with Gasteiger partial charge in [-0.3, -0.25) is 0 Å². The molecule has 0 aliphatic carbocycles. The van der Waals surface area contributed by atoms with E-state index in [2.05, 4.69) is 48.1 Å². The molecule has 0 amide bonds. The fourth-order valence-electron chi connectivity index (χ4n) is 4.07. The fraction of sp³-hybridized carbons (Fsp3) is 0.435. The SMILES string of the molecule is CCNc1nc(Nc2cc(C#N)cc(N3CCC(NC[C@@H](C)O)CC3)c2Cl)nn2c(C#N)cnc12. The summed E-state index contributed by atoms with van der Waals surface area (Å²) in [6, 6.07) is 8.04. The third-order valence-corrected chi connectivity index (χ3v) is 6.18. The van der Waals surface area contributed by atoms with Crippen molar-refractivity contribution in [2.24, 2.45) is 0 Å². The third kappa shape index (κ3) is 5.38. The number of aliphatic hydroxyl groups is 1. The van der Waals surface area contributed by atoms with E-state index < -0.39 is 0 Å². The van der Waals surface area contributed by atoms with Gasteiger partial charge in [0.1, 0.15) is 6.07 Å². The van der Waals surface area contributed by atoms with Crippen LogP contribution in [0.25, 0.3) is 5.65 Å². The summed E-state index contributed by atoms with van der Waals surface area (Å²) in [5, 5.41) is 43.1. The number of piperidine rings is 1. The van der Waals surface area contributed by atoms with Crippen LogP contribution in [0.5, 0.6) is 0 Å². The smallest absolute Gasteiger partial charge is 0.247 e. The molecule has 0 saturated carbocycles. The molecule has 3 aromatic rings. The number of anilines is 4. The molecule has 0 radical (unpaired) electrons. The third-order valence-electron chi connectivity index (χ3n) is 5.79. The maximum absolute atomic E-state index is 9.64. The van der Waals surface area contributed by atoms with Gasteiger partial charge in [-0.05, 0) is 38.8 Å². The number of benzene rings is 1. The molecule has 182 valence electrons. The van der Waals surface area contributed by atoms with Gasteiger partial charge in [-0.1, -0.05) is 11.6 Å². The maximum atomic E-state index is 9.64. The molecule has 1 aromatic carbocycles. The molecule has 0 spiro atoms. The molecule has 0 bridgehead atoms. The highest BCUT2D eigenvalue weighted by Crippen LogP contribution is 2.37. The average molecular weight is 495 g/mol. The Balaban J connectivity index is 1.62. The minimum Gasteiger partial charge on any atom is -0.392 e. The van der Waals surface area contributed by atoms with Crippen molar-refractivity contribution in [1.82, 2.24) is 24.9 Å². The second-order valence-corrected chi connectivity index (χ2v) is 8.80. The van der Waals surface area contributed by atoms with Gasteiger partial charge in [0, 0.05) is 32.2 Å². The molecule has 4 rings (SSSR count). The van der Waals surface area contributed by atoms with Crippen LogP contribution in [-0.2, 0) is 0 Å². The lowest BCUT2D eigenvalue weighted by Gasteiger charge is -2.35. The lowest BCUT2D eigenvalue weighted by atomic mass is 10.0. The Hall–Kier alpha value is -3.64. The maximum Gasteiger partial charge on any atom is 0.247 e. The first-order valence-corrected chi connectivity index (χ1v) is 11.9. The second kappa shape index (κ2) is 10.7. The summed E-state index contributed by atoms with van der Waals surface area (Å²) in [6.07, 6.45) is 2.85. The first-order valence-electron chi connectivity index (χ1n) is 11.5. The Bertz CT molecular complexity index is 1280. The highest BCUT2D eigenvalue weighted by atomic mass is 35.5. The van der Waals surface area contributed by atoms with Gasteiger partial charge < -0.3 is 26.0 Å². The Morgan fingerprint density at radius 2 is 2.03 bits per heavy atom. The zero-order chi connectivity index (χ0) is 24.9.